The van der Waals surface area contributed by atoms with Crippen molar-refractivity contribution in [3.63, 3.8) is 0 Å². The highest BCUT2D eigenvalue weighted by atomic mass is 16.5. The van der Waals surface area contributed by atoms with E-state index in [4.69, 9.17) is 14.2 Å². The predicted molar refractivity (Wildman–Crippen MR) is 117 cm³/mol. The molecular weight excluding hydrogens is 382 g/mol. The molecule has 30 heavy (non-hydrogen) atoms. The molecule has 0 aromatic heterocycles. The molecule has 0 spiro atoms. The molecule has 160 valence electrons. The van der Waals surface area contributed by atoms with E-state index in [-0.39, 0.29) is 22.8 Å². The van der Waals surface area contributed by atoms with Crippen LogP contribution in [0.15, 0.2) is 36.4 Å². The molecule has 0 atom stereocenters. The lowest BCUT2D eigenvalue weighted by Gasteiger charge is -2.28. The van der Waals surface area contributed by atoms with Crippen molar-refractivity contribution in [3.8, 4) is 23.0 Å². The van der Waals surface area contributed by atoms with Gasteiger partial charge in [-0.15, -0.1) is 0 Å². The lowest BCUT2D eigenvalue weighted by molar-refractivity contribution is 0.104. The maximum Gasteiger partial charge on any atom is 0.193 e. The van der Waals surface area contributed by atoms with E-state index in [1.54, 1.807) is 26.4 Å². The summed E-state index contributed by atoms with van der Waals surface area (Å²) in [4.78, 5) is 15.3. The second-order valence-electron chi connectivity index (χ2n) is 7.29. The maximum absolute atomic E-state index is 13.0. The van der Waals surface area contributed by atoms with Gasteiger partial charge in [0.25, 0.3) is 0 Å². The van der Waals surface area contributed by atoms with Crippen molar-refractivity contribution >= 4 is 11.9 Å². The number of phenols is 1. The zero-order valence-electron chi connectivity index (χ0n) is 17.8. The third kappa shape index (κ3) is 4.94. The SMILES string of the molecule is COc1cccc(/C=C/C(=O)c2c(OC)cc(OC)c(CN3CCCCC3)c2O)c1. The fourth-order valence-corrected chi connectivity index (χ4v) is 3.74. The topological polar surface area (TPSA) is 68.2 Å². The van der Waals surface area contributed by atoms with Crippen molar-refractivity contribution in [2.45, 2.75) is 25.8 Å². The van der Waals surface area contributed by atoms with E-state index in [9.17, 15) is 9.90 Å². The molecule has 0 bridgehead atoms. The number of hydrogen-bond donors (Lipinski definition) is 1. The van der Waals surface area contributed by atoms with E-state index in [1.807, 2.05) is 24.3 Å². The van der Waals surface area contributed by atoms with Crippen LogP contribution in [-0.4, -0.2) is 50.2 Å². The minimum Gasteiger partial charge on any atom is -0.507 e. The summed E-state index contributed by atoms with van der Waals surface area (Å²) in [6.45, 7) is 2.46. The van der Waals surface area contributed by atoms with E-state index in [0.717, 1.165) is 31.5 Å². The Labute approximate surface area is 177 Å². The summed E-state index contributed by atoms with van der Waals surface area (Å²) < 4.78 is 16.1. The Kier molecular flexibility index (Phi) is 7.36. The highest BCUT2D eigenvalue weighted by molar-refractivity contribution is 6.11. The molecule has 6 heteroatoms. The number of hydrogen-bond acceptors (Lipinski definition) is 6. The number of allylic oxidation sites excluding steroid dienone is 1. The number of ether oxygens (including phenoxy) is 3. The predicted octanol–water partition coefficient (Wildman–Crippen LogP) is 4.30. The number of benzene rings is 2. The lowest BCUT2D eigenvalue weighted by atomic mass is 10.0. The molecule has 3 rings (SSSR count). The van der Waals surface area contributed by atoms with Crippen molar-refractivity contribution in [1.29, 1.82) is 0 Å². The van der Waals surface area contributed by atoms with E-state index >= 15 is 0 Å². The summed E-state index contributed by atoms with van der Waals surface area (Å²) in [6.07, 6.45) is 6.62. The number of carbonyl (C=O) groups excluding carboxylic acids is 1. The first-order valence-corrected chi connectivity index (χ1v) is 10.1. The second-order valence-corrected chi connectivity index (χ2v) is 7.29. The van der Waals surface area contributed by atoms with E-state index in [1.165, 1.54) is 19.6 Å². The molecule has 0 amide bonds. The zero-order chi connectivity index (χ0) is 21.5. The van der Waals surface area contributed by atoms with Gasteiger partial charge in [-0.05, 0) is 49.7 Å². The molecule has 1 N–H and O–H groups in total. The largest absolute Gasteiger partial charge is 0.507 e. The maximum atomic E-state index is 13.0. The molecule has 0 saturated carbocycles. The first-order valence-electron chi connectivity index (χ1n) is 10.1. The Bertz CT molecular complexity index is 916. The van der Waals surface area contributed by atoms with Crippen molar-refractivity contribution in [2.24, 2.45) is 0 Å². The normalized spacial score (nSPS) is 14.6. The lowest BCUT2D eigenvalue weighted by Crippen LogP contribution is -2.29. The molecule has 1 aliphatic rings. The third-order valence-corrected chi connectivity index (χ3v) is 5.37. The number of aromatic hydroxyl groups is 1. The first kappa shape index (κ1) is 21.7. The summed E-state index contributed by atoms with van der Waals surface area (Å²) in [6, 6.07) is 9.07. The van der Waals surface area contributed by atoms with Crippen LogP contribution < -0.4 is 14.2 Å². The zero-order valence-corrected chi connectivity index (χ0v) is 17.8. The summed E-state index contributed by atoms with van der Waals surface area (Å²) in [5.74, 6) is 1.08. The summed E-state index contributed by atoms with van der Waals surface area (Å²) in [7, 11) is 4.62. The number of methoxy groups -OCH3 is 3. The minimum atomic E-state index is -0.338. The van der Waals surface area contributed by atoms with Crippen LogP contribution in [0.1, 0.15) is 40.7 Å². The van der Waals surface area contributed by atoms with Crippen molar-refractivity contribution in [3.05, 3.63) is 53.1 Å². The molecule has 0 radical (unpaired) electrons. The molecule has 1 aliphatic heterocycles. The molecular formula is C24H29NO5. The highest BCUT2D eigenvalue weighted by Gasteiger charge is 2.25. The van der Waals surface area contributed by atoms with Gasteiger partial charge in [-0.3, -0.25) is 9.69 Å². The molecule has 2 aromatic carbocycles. The van der Waals surface area contributed by atoms with Crippen LogP contribution in [0.2, 0.25) is 0 Å². The van der Waals surface area contributed by atoms with Gasteiger partial charge >= 0.3 is 0 Å². The fourth-order valence-electron chi connectivity index (χ4n) is 3.74. The monoisotopic (exact) mass is 411 g/mol. The Hall–Kier alpha value is -2.99. The number of phenolic OH excluding ortho intramolecular Hbond substituents is 1. The number of ketones is 1. The number of piperidine rings is 1. The van der Waals surface area contributed by atoms with Gasteiger partial charge in [0.05, 0.1) is 26.9 Å². The standard InChI is InChI=1S/C24H29NO5/c1-28-18-9-7-8-17(14-18)10-11-20(26)23-22(30-3)15-21(29-2)19(24(23)27)16-25-12-5-4-6-13-25/h7-11,14-15,27H,4-6,12-13,16H2,1-3H3/b11-10+. The van der Waals surface area contributed by atoms with Gasteiger partial charge in [0, 0.05) is 12.6 Å². The van der Waals surface area contributed by atoms with Crippen molar-refractivity contribution < 1.29 is 24.1 Å². The van der Waals surface area contributed by atoms with Gasteiger partial charge in [0.2, 0.25) is 0 Å². The van der Waals surface area contributed by atoms with Crippen molar-refractivity contribution in [1.82, 2.24) is 4.90 Å². The summed E-state index contributed by atoms with van der Waals surface area (Å²) in [5.41, 5.74) is 1.57. The smallest absolute Gasteiger partial charge is 0.193 e. The van der Waals surface area contributed by atoms with Gasteiger partial charge in [0.1, 0.15) is 28.6 Å². The van der Waals surface area contributed by atoms with Crippen LogP contribution in [0.3, 0.4) is 0 Å². The molecule has 1 heterocycles. The summed E-state index contributed by atoms with van der Waals surface area (Å²) in [5, 5.41) is 11.0. The average molecular weight is 411 g/mol. The van der Waals surface area contributed by atoms with Gasteiger partial charge in [0.15, 0.2) is 5.78 Å². The Morgan fingerprint density at radius 1 is 1.03 bits per heavy atom. The highest BCUT2D eigenvalue weighted by Crippen LogP contribution is 2.40. The van der Waals surface area contributed by atoms with E-state index < -0.39 is 0 Å². The van der Waals surface area contributed by atoms with Crippen LogP contribution in [0.5, 0.6) is 23.0 Å². The van der Waals surface area contributed by atoms with E-state index in [2.05, 4.69) is 4.90 Å². The molecule has 0 aliphatic carbocycles. The number of carbonyl (C=O) groups is 1. The average Bonchev–Trinajstić information content (AvgIpc) is 2.79. The second kappa shape index (κ2) is 10.2. The molecule has 6 nitrogen and oxygen atoms in total. The Morgan fingerprint density at radius 2 is 1.77 bits per heavy atom. The van der Waals surface area contributed by atoms with Gasteiger partial charge < -0.3 is 19.3 Å². The molecule has 2 aromatic rings. The van der Waals surface area contributed by atoms with Crippen LogP contribution >= 0.6 is 0 Å². The minimum absolute atomic E-state index is 0.0861. The third-order valence-electron chi connectivity index (χ3n) is 5.37. The van der Waals surface area contributed by atoms with E-state index in [0.29, 0.717) is 23.6 Å². The summed E-state index contributed by atoms with van der Waals surface area (Å²) >= 11 is 0. The molecule has 1 saturated heterocycles. The van der Waals surface area contributed by atoms with Crippen molar-refractivity contribution in [2.75, 3.05) is 34.4 Å². The molecule has 1 fully saturated rings. The van der Waals surface area contributed by atoms with Crippen LogP contribution in [0.25, 0.3) is 6.08 Å². The van der Waals surface area contributed by atoms with Crippen LogP contribution in [0.4, 0.5) is 0 Å². The fraction of sp³-hybridized carbons (Fsp3) is 0.375. The number of likely N-dealkylation sites (tertiary alicyclic amines) is 1. The van der Waals surface area contributed by atoms with Gasteiger partial charge in [-0.1, -0.05) is 24.6 Å². The number of nitrogens with zero attached hydrogens (tertiary/aromatic N) is 1. The Morgan fingerprint density at radius 3 is 2.43 bits per heavy atom. The quantitative estimate of drug-likeness (QED) is 0.516. The molecule has 0 unspecified atom stereocenters. The first-order chi connectivity index (χ1) is 14.6. The number of rotatable bonds is 8. The van der Waals surface area contributed by atoms with Gasteiger partial charge in [-0.25, -0.2) is 0 Å². The van der Waals surface area contributed by atoms with Crippen LogP contribution in [0, 0.1) is 0 Å². The Balaban J connectivity index is 1.94. The van der Waals surface area contributed by atoms with Crippen LogP contribution in [-0.2, 0) is 6.54 Å². The van der Waals surface area contributed by atoms with Gasteiger partial charge in [-0.2, -0.15) is 0 Å².